The van der Waals surface area contributed by atoms with E-state index in [-0.39, 0.29) is 5.56 Å². The van der Waals surface area contributed by atoms with Crippen LogP contribution in [0.3, 0.4) is 0 Å². The maximum Gasteiger partial charge on any atom is 0.416 e. The first-order chi connectivity index (χ1) is 12.9. The van der Waals surface area contributed by atoms with E-state index in [2.05, 4.69) is 21.0 Å². The van der Waals surface area contributed by atoms with Gasteiger partial charge in [0, 0.05) is 24.2 Å². The van der Waals surface area contributed by atoms with Crippen molar-refractivity contribution in [2.24, 2.45) is 0 Å². The molecule has 0 saturated carbocycles. The fourth-order valence-electron chi connectivity index (χ4n) is 3.03. The highest BCUT2D eigenvalue weighted by Crippen LogP contribution is 2.35. The monoisotopic (exact) mass is 367 g/mol. The molecule has 0 fully saturated rings. The van der Waals surface area contributed by atoms with Gasteiger partial charge in [-0.25, -0.2) is 9.97 Å². The Morgan fingerprint density at radius 3 is 2.67 bits per heavy atom. The predicted octanol–water partition coefficient (Wildman–Crippen LogP) is 4.61. The zero-order chi connectivity index (χ0) is 19.2. The largest absolute Gasteiger partial charge is 0.416 e. The molecule has 5 nitrogen and oxygen atoms in total. The van der Waals surface area contributed by atoms with Gasteiger partial charge in [0.15, 0.2) is 0 Å². The number of nitrogens with one attached hydrogen (secondary N) is 1. The Hall–Kier alpha value is -3.60. The van der Waals surface area contributed by atoms with E-state index in [1.165, 1.54) is 12.4 Å². The second-order valence-electron chi connectivity index (χ2n) is 6.07. The van der Waals surface area contributed by atoms with Crippen LogP contribution in [0.1, 0.15) is 16.7 Å². The number of nitrogens with zero attached hydrogens (tertiary/aromatic N) is 4. The topological polar surface area (TPSA) is 70.3 Å². The number of aryl methyl sites for hydroxylation is 1. The van der Waals surface area contributed by atoms with Crippen molar-refractivity contribution in [3.8, 4) is 23.0 Å². The summed E-state index contributed by atoms with van der Waals surface area (Å²) in [6.45, 7) is 1.71. The van der Waals surface area contributed by atoms with Gasteiger partial charge in [0.05, 0.1) is 16.5 Å². The number of hydrogen-bond acceptors (Lipinski definition) is 3. The Kier molecular flexibility index (Phi) is 3.73. The third-order valence-electron chi connectivity index (χ3n) is 4.38. The highest BCUT2D eigenvalue weighted by Gasteiger charge is 2.31. The SMILES string of the molecule is Cc1ccc(C(F)(F)F)cc1-c1cn(-c2ncnc3[nH]ccc23)cc1C#N. The van der Waals surface area contributed by atoms with Crippen LogP contribution in [0.25, 0.3) is 28.0 Å². The van der Waals surface area contributed by atoms with Gasteiger partial charge in [-0.2, -0.15) is 18.4 Å². The number of aromatic nitrogens is 4. The Bertz CT molecular complexity index is 1190. The molecule has 0 bridgehead atoms. The summed E-state index contributed by atoms with van der Waals surface area (Å²) in [5.41, 5.74) is 1.56. The lowest BCUT2D eigenvalue weighted by Gasteiger charge is -2.11. The lowest BCUT2D eigenvalue weighted by atomic mass is 9.97. The molecule has 1 aromatic carbocycles. The highest BCUT2D eigenvalue weighted by molar-refractivity contribution is 5.83. The van der Waals surface area contributed by atoms with Crippen molar-refractivity contribution in [2.75, 3.05) is 0 Å². The van der Waals surface area contributed by atoms with Crippen molar-refractivity contribution >= 4 is 11.0 Å². The maximum atomic E-state index is 13.1. The van der Waals surface area contributed by atoms with Crippen molar-refractivity contribution < 1.29 is 13.2 Å². The molecule has 27 heavy (non-hydrogen) atoms. The average molecular weight is 367 g/mol. The van der Waals surface area contributed by atoms with Crippen molar-refractivity contribution in [1.82, 2.24) is 19.5 Å². The first-order valence-electron chi connectivity index (χ1n) is 7.97. The smallest absolute Gasteiger partial charge is 0.346 e. The molecule has 4 aromatic rings. The Morgan fingerprint density at radius 2 is 1.93 bits per heavy atom. The molecular weight excluding hydrogens is 355 g/mol. The van der Waals surface area contributed by atoms with E-state index in [9.17, 15) is 18.4 Å². The molecule has 8 heteroatoms. The highest BCUT2D eigenvalue weighted by atomic mass is 19.4. The lowest BCUT2D eigenvalue weighted by Crippen LogP contribution is -2.05. The number of fused-ring (bicyclic) bond motifs is 1. The van der Waals surface area contributed by atoms with Crippen LogP contribution in [0.15, 0.2) is 49.2 Å². The molecule has 1 N–H and O–H groups in total. The summed E-state index contributed by atoms with van der Waals surface area (Å²) < 4.78 is 41.0. The van der Waals surface area contributed by atoms with Crippen molar-refractivity contribution in [3.63, 3.8) is 0 Å². The minimum atomic E-state index is -4.46. The van der Waals surface area contributed by atoms with Crippen molar-refractivity contribution in [3.05, 3.63) is 65.9 Å². The quantitative estimate of drug-likeness (QED) is 0.562. The third kappa shape index (κ3) is 2.83. The Labute approximate surface area is 151 Å². The lowest BCUT2D eigenvalue weighted by molar-refractivity contribution is -0.137. The number of nitriles is 1. The van der Waals surface area contributed by atoms with E-state index in [0.717, 1.165) is 17.5 Å². The van der Waals surface area contributed by atoms with E-state index in [1.54, 1.807) is 36.1 Å². The molecule has 0 aliphatic heterocycles. The van der Waals surface area contributed by atoms with Gasteiger partial charge in [-0.15, -0.1) is 0 Å². The van der Waals surface area contributed by atoms with Gasteiger partial charge in [-0.1, -0.05) is 6.07 Å². The third-order valence-corrected chi connectivity index (χ3v) is 4.38. The molecule has 0 atom stereocenters. The molecule has 0 aliphatic carbocycles. The number of benzene rings is 1. The van der Waals surface area contributed by atoms with E-state index >= 15 is 0 Å². The summed E-state index contributed by atoms with van der Waals surface area (Å²) in [7, 11) is 0. The van der Waals surface area contributed by atoms with Crippen LogP contribution in [-0.2, 0) is 6.18 Å². The first kappa shape index (κ1) is 16.8. The van der Waals surface area contributed by atoms with Crippen molar-refractivity contribution in [1.29, 1.82) is 5.26 Å². The number of alkyl halides is 3. The molecule has 0 aliphatic rings. The molecule has 0 radical (unpaired) electrons. The van der Waals surface area contributed by atoms with Gasteiger partial charge in [0.1, 0.15) is 23.9 Å². The van der Waals surface area contributed by atoms with Gasteiger partial charge in [-0.3, -0.25) is 0 Å². The summed E-state index contributed by atoms with van der Waals surface area (Å²) in [6, 6.07) is 7.37. The zero-order valence-corrected chi connectivity index (χ0v) is 14.0. The zero-order valence-electron chi connectivity index (χ0n) is 14.0. The van der Waals surface area contributed by atoms with Gasteiger partial charge < -0.3 is 9.55 Å². The standard InChI is InChI=1S/C19H12F3N5/c1-11-2-3-13(19(20,21)22)6-15(11)16-9-27(8-12(16)7-23)18-14-4-5-24-17(14)25-10-26-18/h2-6,8-10H,1H3,(H,24,25,26). The maximum absolute atomic E-state index is 13.1. The molecule has 3 aromatic heterocycles. The van der Waals surface area contributed by atoms with Crippen LogP contribution in [0.5, 0.6) is 0 Å². The second kappa shape index (κ2) is 5.99. The number of H-pyrrole nitrogens is 1. The molecule has 0 spiro atoms. The molecule has 4 rings (SSSR count). The predicted molar refractivity (Wildman–Crippen MR) is 93.1 cm³/mol. The number of hydrogen-bond donors (Lipinski definition) is 1. The summed E-state index contributed by atoms with van der Waals surface area (Å²) >= 11 is 0. The van der Waals surface area contributed by atoms with Crippen LogP contribution in [0, 0.1) is 18.3 Å². The van der Waals surface area contributed by atoms with Crippen LogP contribution in [0.4, 0.5) is 13.2 Å². The minimum absolute atomic E-state index is 0.264. The second-order valence-corrected chi connectivity index (χ2v) is 6.07. The van der Waals surface area contributed by atoms with Crippen LogP contribution in [-0.4, -0.2) is 19.5 Å². The number of halogens is 3. The van der Waals surface area contributed by atoms with E-state index in [1.807, 2.05) is 0 Å². The van der Waals surface area contributed by atoms with E-state index in [4.69, 9.17) is 0 Å². The van der Waals surface area contributed by atoms with Gasteiger partial charge in [0.2, 0.25) is 0 Å². The van der Waals surface area contributed by atoms with Crippen LogP contribution in [0.2, 0.25) is 0 Å². The molecule has 0 amide bonds. The summed E-state index contributed by atoms with van der Waals surface area (Å²) in [5, 5.41) is 10.2. The minimum Gasteiger partial charge on any atom is -0.346 e. The van der Waals surface area contributed by atoms with E-state index in [0.29, 0.717) is 28.2 Å². The normalized spacial score (nSPS) is 11.7. The van der Waals surface area contributed by atoms with Gasteiger partial charge in [-0.05, 0) is 36.2 Å². The fraction of sp³-hybridized carbons (Fsp3) is 0.105. The molecule has 134 valence electrons. The summed E-state index contributed by atoms with van der Waals surface area (Å²) in [6.07, 6.45) is 1.83. The van der Waals surface area contributed by atoms with Crippen LogP contribution >= 0.6 is 0 Å². The fourth-order valence-corrected chi connectivity index (χ4v) is 3.03. The molecular formula is C19H12F3N5. The Balaban J connectivity index is 1.92. The summed E-state index contributed by atoms with van der Waals surface area (Å²) in [4.78, 5) is 11.3. The average Bonchev–Trinajstić information content (AvgIpc) is 3.27. The number of rotatable bonds is 2. The van der Waals surface area contributed by atoms with Gasteiger partial charge >= 0.3 is 6.18 Å². The molecule has 3 heterocycles. The van der Waals surface area contributed by atoms with E-state index < -0.39 is 11.7 Å². The number of aromatic amines is 1. The van der Waals surface area contributed by atoms with Crippen LogP contribution < -0.4 is 0 Å². The molecule has 0 saturated heterocycles. The van der Waals surface area contributed by atoms with Crippen molar-refractivity contribution in [2.45, 2.75) is 13.1 Å². The molecule has 0 unspecified atom stereocenters. The Morgan fingerprint density at radius 1 is 1.11 bits per heavy atom. The summed E-state index contributed by atoms with van der Waals surface area (Å²) in [5.74, 6) is 0.536. The first-order valence-corrected chi connectivity index (χ1v) is 7.97. The van der Waals surface area contributed by atoms with Gasteiger partial charge in [0.25, 0.3) is 0 Å².